The molecule has 1 aromatic carbocycles. The van der Waals surface area contributed by atoms with Crippen molar-refractivity contribution in [2.75, 3.05) is 5.73 Å². The molecular weight excluding hydrogens is 217 g/mol. The number of hydrogen-bond donors (Lipinski definition) is 2. The average Bonchev–Trinajstić information content (AvgIpc) is 2.71. The van der Waals surface area contributed by atoms with Gasteiger partial charge >= 0.3 is 5.97 Å². The summed E-state index contributed by atoms with van der Waals surface area (Å²) < 4.78 is 17.8. The standard InChI is InChI=1S/C9H6FN3O3/c10-5-3-4(1-2-6(5)11)8-12-7(9(14)15)13-16-8/h1-3H,11H2,(H,14,15). The quantitative estimate of drug-likeness (QED) is 0.740. The first-order chi connectivity index (χ1) is 7.58. The van der Waals surface area contributed by atoms with Crippen LogP contribution in [0, 0.1) is 5.82 Å². The smallest absolute Gasteiger partial charge is 0.377 e. The Morgan fingerprint density at radius 1 is 1.50 bits per heavy atom. The number of benzene rings is 1. The molecule has 3 N–H and O–H groups in total. The van der Waals surface area contributed by atoms with Crippen LogP contribution in [0.3, 0.4) is 0 Å². The molecule has 0 aliphatic rings. The van der Waals surface area contributed by atoms with Crippen molar-refractivity contribution in [3.63, 3.8) is 0 Å². The molecule has 1 heterocycles. The molecule has 0 spiro atoms. The SMILES string of the molecule is Nc1ccc(-c2nc(C(=O)O)no2)cc1F. The van der Waals surface area contributed by atoms with E-state index in [0.717, 1.165) is 6.07 Å². The highest BCUT2D eigenvalue weighted by atomic mass is 19.1. The molecule has 0 saturated heterocycles. The minimum Gasteiger partial charge on any atom is -0.475 e. The summed E-state index contributed by atoms with van der Waals surface area (Å²) >= 11 is 0. The van der Waals surface area contributed by atoms with E-state index in [9.17, 15) is 9.18 Å². The van der Waals surface area contributed by atoms with Gasteiger partial charge in [0.05, 0.1) is 5.69 Å². The minimum absolute atomic E-state index is 0.0123. The van der Waals surface area contributed by atoms with Crippen LogP contribution in [0.5, 0.6) is 0 Å². The van der Waals surface area contributed by atoms with Gasteiger partial charge in [0, 0.05) is 5.56 Å². The van der Waals surface area contributed by atoms with E-state index in [2.05, 4.69) is 14.7 Å². The molecule has 0 saturated carbocycles. The normalized spacial score (nSPS) is 10.3. The highest BCUT2D eigenvalue weighted by Crippen LogP contribution is 2.21. The van der Waals surface area contributed by atoms with Gasteiger partial charge in [-0.3, -0.25) is 0 Å². The van der Waals surface area contributed by atoms with Gasteiger partial charge in [-0.1, -0.05) is 0 Å². The number of aromatic carboxylic acids is 1. The fraction of sp³-hybridized carbons (Fsp3) is 0. The van der Waals surface area contributed by atoms with Crippen molar-refractivity contribution in [3.05, 3.63) is 29.8 Å². The summed E-state index contributed by atoms with van der Waals surface area (Å²) in [7, 11) is 0. The van der Waals surface area contributed by atoms with Gasteiger partial charge in [-0.25, -0.2) is 9.18 Å². The van der Waals surface area contributed by atoms with Crippen molar-refractivity contribution in [1.82, 2.24) is 10.1 Å². The maximum absolute atomic E-state index is 13.1. The van der Waals surface area contributed by atoms with Crippen LogP contribution in [-0.2, 0) is 0 Å². The van der Waals surface area contributed by atoms with Crippen LogP contribution in [0.2, 0.25) is 0 Å². The Hall–Kier alpha value is -2.44. The van der Waals surface area contributed by atoms with E-state index in [1.54, 1.807) is 0 Å². The molecule has 2 aromatic rings. The molecule has 6 nitrogen and oxygen atoms in total. The van der Waals surface area contributed by atoms with E-state index in [0.29, 0.717) is 0 Å². The highest BCUT2D eigenvalue weighted by Gasteiger charge is 2.14. The van der Waals surface area contributed by atoms with Crippen LogP contribution in [0.4, 0.5) is 10.1 Å². The fourth-order valence-electron chi connectivity index (χ4n) is 1.09. The first kappa shape index (κ1) is 10.1. The van der Waals surface area contributed by atoms with Crippen molar-refractivity contribution in [3.8, 4) is 11.5 Å². The summed E-state index contributed by atoms with van der Waals surface area (Å²) in [4.78, 5) is 14.1. The molecule has 0 aliphatic carbocycles. The minimum atomic E-state index is -1.31. The van der Waals surface area contributed by atoms with Crippen LogP contribution in [0.1, 0.15) is 10.6 Å². The molecule has 0 aliphatic heterocycles. The van der Waals surface area contributed by atoms with Crippen molar-refractivity contribution < 1.29 is 18.8 Å². The van der Waals surface area contributed by atoms with Crippen LogP contribution in [0.15, 0.2) is 22.7 Å². The van der Waals surface area contributed by atoms with Crippen LogP contribution < -0.4 is 5.73 Å². The fourth-order valence-corrected chi connectivity index (χ4v) is 1.09. The molecule has 2 rings (SSSR count). The second kappa shape index (κ2) is 3.61. The Morgan fingerprint density at radius 3 is 2.81 bits per heavy atom. The Kier molecular flexibility index (Phi) is 2.28. The largest absolute Gasteiger partial charge is 0.475 e. The monoisotopic (exact) mass is 223 g/mol. The number of nitrogen functional groups attached to an aromatic ring is 1. The first-order valence-corrected chi connectivity index (χ1v) is 4.20. The van der Waals surface area contributed by atoms with Crippen LogP contribution >= 0.6 is 0 Å². The van der Waals surface area contributed by atoms with Crippen molar-refractivity contribution >= 4 is 11.7 Å². The van der Waals surface area contributed by atoms with Gasteiger partial charge in [0.15, 0.2) is 0 Å². The zero-order chi connectivity index (χ0) is 11.7. The predicted octanol–water partition coefficient (Wildman–Crippen LogP) is 1.16. The van der Waals surface area contributed by atoms with Gasteiger partial charge < -0.3 is 15.4 Å². The molecule has 0 amide bonds. The third-order valence-electron chi connectivity index (χ3n) is 1.86. The Morgan fingerprint density at radius 2 is 2.25 bits per heavy atom. The van der Waals surface area contributed by atoms with E-state index in [1.165, 1.54) is 12.1 Å². The number of carbonyl (C=O) groups is 1. The lowest BCUT2D eigenvalue weighted by Gasteiger charge is -1.97. The zero-order valence-corrected chi connectivity index (χ0v) is 7.85. The third kappa shape index (κ3) is 1.70. The molecule has 7 heteroatoms. The summed E-state index contributed by atoms with van der Waals surface area (Å²) in [5.74, 6) is -2.50. The maximum atomic E-state index is 13.1. The molecule has 16 heavy (non-hydrogen) atoms. The number of carboxylic acids is 1. The number of anilines is 1. The van der Waals surface area contributed by atoms with E-state index < -0.39 is 17.6 Å². The number of halogens is 1. The summed E-state index contributed by atoms with van der Waals surface area (Å²) in [5.41, 5.74) is 5.54. The van der Waals surface area contributed by atoms with Crippen LogP contribution in [0.25, 0.3) is 11.5 Å². The maximum Gasteiger partial charge on any atom is 0.377 e. The highest BCUT2D eigenvalue weighted by molar-refractivity contribution is 5.83. The van der Waals surface area contributed by atoms with E-state index >= 15 is 0 Å². The first-order valence-electron chi connectivity index (χ1n) is 4.20. The van der Waals surface area contributed by atoms with Crippen molar-refractivity contribution in [2.45, 2.75) is 0 Å². The predicted molar refractivity (Wildman–Crippen MR) is 51.1 cm³/mol. The Labute approximate surface area is 88.5 Å². The molecule has 0 bridgehead atoms. The van der Waals surface area contributed by atoms with E-state index in [-0.39, 0.29) is 17.1 Å². The number of aromatic nitrogens is 2. The third-order valence-corrected chi connectivity index (χ3v) is 1.86. The number of nitrogens with zero attached hydrogens (tertiary/aromatic N) is 2. The number of hydrogen-bond acceptors (Lipinski definition) is 5. The molecule has 0 atom stereocenters. The van der Waals surface area contributed by atoms with E-state index in [1.807, 2.05) is 0 Å². The molecule has 0 fully saturated rings. The Bertz CT molecular complexity index is 553. The second-order valence-electron chi connectivity index (χ2n) is 2.96. The van der Waals surface area contributed by atoms with Gasteiger partial charge in [-0.05, 0) is 23.4 Å². The number of nitrogens with two attached hydrogens (primary N) is 1. The summed E-state index contributed by atoms with van der Waals surface area (Å²) in [6.07, 6.45) is 0. The van der Waals surface area contributed by atoms with E-state index in [4.69, 9.17) is 10.8 Å². The topological polar surface area (TPSA) is 102 Å². The number of rotatable bonds is 2. The van der Waals surface area contributed by atoms with Gasteiger partial charge in [-0.2, -0.15) is 4.98 Å². The lowest BCUT2D eigenvalue weighted by atomic mass is 10.2. The lowest BCUT2D eigenvalue weighted by Crippen LogP contribution is -1.98. The summed E-state index contributed by atoms with van der Waals surface area (Å²) in [6, 6.07) is 3.88. The second-order valence-corrected chi connectivity index (χ2v) is 2.96. The lowest BCUT2D eigenvalue weighted by molar-refractivity contribution is 0.0680. The summed E-state index contributed by atoms with van der Waals surface area (Å²) in [5, 5.41) is 11.8. The molecule has 0 unspecified atom stereocenters. The zero-order valence-electron chi connectivity index (χ0n) is 7.85. The molecular formula is C9H6FN3O3. The van der Waals surface area contributed by atoms with Gasteiger partial charge in [0.2, 0.25) is 0 Å². The molecule has 82 valence electrons. The Balaban J connectivity index is 2.42. The van der Waals surface area contributed by atoms with Crippen LogP contribution in [-0.4, -0.2) is 21.2 Å². The van der Waals surface area contributed by atoms with Gasteiger partial charge in [-0.15, -0.1) is 0 Å². The molecule has 1 aromatic heterocycles. The summed E-state index contributed by atoms with van der Waals surface area (Å²) in [6.45, 7) is 0. The van der Waals surface area contributed by atoms with Crippen molar-refractivity contribution in [2.24, 2.45) is 0 Å². The number of carboxylic acid groups (broad SMARTS) is 1. The van der Waals surface area contributed by atoms with Gasteiger partial charge in [0.1, 0.15) is 5.82 Å². The molecule has 0 radical (unpaired) electrons. The average molecular weight is 223 g/mol. The van der Waals surface area contributed by atoms with Crippen molar-refractivity contribution in [1.29, 1.82) is 0 Å². The van der Waals surface area contributed by atoms with Gasteiger partial charge in [0.25, 0.3) is 11.7 Å².